The first-order valence-corrected chi connectivity index (χ1v) is 7.06. The van der Waals surface area contributed by atoms with Crippen LogP contribution in [-0.2, 0) is 0 Å². The molecule has 1 aliphatic heterocycles. The monoisotopic (exact) mass is 299 g/mol. The molecule has 3 heterocycles. The first kappa shape index (κ1) is 14.1. The Morgan fingerprint density at radius 3 is 2.95 bits per heavy atom. The highest BCUT2D eigenvalue weighted by Crippen LogP contribution is 2.22. The summed E-state index contributed by atoms with van der Waals surface area (Å²) in [6.07, 6.45) is 4.41. The summed E-state index contributed by atoms with van der Waals surface area (Å²) in [6, 6.07) is 5.05. The van der Waals surface area contributed by atoms with Gasteiger partial charge in [-0.2, -0.15) is 5.10 Å². The number of nitrogens with zero attached hydrogens (tertiary/aromatic N) is 2. The van der Waals surface area contributed by atoms with E-state index in [4.69, 9.17) is 5.73 Å². The van der Waals surface area contributed by atoms with Crippen molar-refractivity contribution in [3.8, 4) is 0 Å². The molecule has 0 fully saturated rings. The third kappa shape index (κ3) is 2.52. The number of urea groups is 1. The van der Waals surface area contributed by atoms with Crippen molar-refractivity contribution in [2.24, 2.45) is 5.73 Å². The smallest absolute Gasteiger partial charge is 0.313 e. The molecule has 0 aliphatic carbocycles. The lowest BCUT2D eigenvalue weighted by molar-refractivity contribution is 0.102. The number of carbonyl (C=O) groups excluding carboxylic acids is 2. The number of aromatic nitrogens is 2. The Morgan fingerprint density at radius 2 is 2.27 bits per heavy atom. The number of pyridine rings is 1. The van der Waals surface area contributed by atoms with Gasteiger partial charge in [0.05, 0.1) is 16.8 Å². The average Bonchev–Trinajstić information content (AvgIpc) is 2.82. The van der Waals surface area contributed by atoms with E-state index in [0.29, 0.717) is 29.7 Å². The molecule has 0 aromatic carbocycles. The van der Waals surface area contributed by atoms with Crippen molar-refractivity contribution in [3.05, 3.63) is 47.4 Å². The number of nitrogens with two attached hydrogens (primary N) is 1. The van der Waals surface area contributed by atoms with Gasteiger partial charge in [-0.15, -0.1) is 0 Å². The first-order chi connectivity index (χ1) is 10.6. The minimum Gasteiger partial charge on any atom is -0.371 e. The third-order valence-corrected chi connectivity index (χ3v) is 3.71. The number of rotatable bonds is 3. The summed E-state index contributed by atoms with van der Waals surface area (Å²) < 4.78 is 1.71. The number of fused-ring (bicyclic) bond motifs is 1. The van der Waals surface area contributed by atoms with E-state index < -0.39 is 6.03 Å². The van der Waals surface area contributed by atoms with E-state index in [2.05, 4.69) is 15.7 Å². The van der Waals surface area contributed by atoms with Gasteiger partial charge < -0.3 is 16.4 Å². The van der Waals surface area contributed by atoms with Crippen molar-refractivity contribution in [1.82, 2.24) is 20.2 Å². The molecule has 2 aromatic rings. The van der Waals surface area contributed by atoms with E-state index in [1.54, 1.807) is 10.7 Å². The van der Waals surface area contributed by atoms with E-state index in [0.717, 1.165) is 5.52 Å². The molecular weight excluding hydrogens is 282 g/mol. The molecule has 1 unspecified atom stereocenters. The Balaban J connectivity index is 1.86. The van der Waals surface area contributed by atoms with Crippen LogP contribution < -0.4 is 16.4 Å². The molecule has 7 heteroatoms. The SMILES string of the molecule is Cc1nn2ccccc2c1C(=O)C1=CNC(NC(N)=O)CC1. The Hall–Kier alpha value is -2.83. The van der Waals surface area contributed by atoms with Crippen LogP contribution in [0.4, 0.5) is 4.79 Å². The first-order valence-electron chi connectivity index (χ1n) is 7.06. The van der Waals surface area contributed by atoms with Crippen molar-refractivity contribution >= 4 is 17.3 Å². The lowest BCUT2D eigenvalue weighted by Gasteiger charge is -2.23. The van der Waals surface area contributed by atoms with Gasteiger partial charge in [0.25, 0.3) is 0 Å². The van der Waals surface area contributed by atoms with Crippen LogP contribution in [0.25, 0.3) is 5.52 Å². The van der Waals surface area contributed by atoms with E-state index >= 15 is 0 Å². The van der Waals surface area contributed by atoms with Gasteiger partial charge in [0.15, 0.2) is 5.78 Å². The molecule has 1 atom stereocenters. The number of ketones is 1. The summed E-state index contributed by atoms with van der Waals surface area (Å²) >= 11 is 0. The highest BCUT2D eigenvalue weighted by Gasteiger charge is 2.24. The number of carbonyl (C=O) groups is 2. The van der Waals surface area contributed by atoms with Gasteiger partial charge in [-0.25, -0.2) is 9.31 Å². The summed E-state index contributed by atoms with van der Waals surface area (Å²) in [5.41, 5.74) is 7.88. The maximum absolute atomic E-state index is 12.8. The summed E-state index contributed by atoms with van der Waals surface area (Å²) in [5, 5.41) is 9.92. The molecule has 0 spiro atoms. The fourth-order valence-corrected chi connectivity index (χ4v) is 2.68. The van der Waals surface area contributed by atoms with Crippen LogP contribution in [0.15, 0.2) is 36.2 Å². The lowest BCUT2D eigenvalue weighted by Crippen LogP contribution is -2.47. The number of allylic oxidation sites excluding steroid dienone is 1. The fraction of sp³-hybridized carbons (Fsp3) is 0.267. The molecule has 0 saturated heterocycles. The van der Waals surface area contributed by atoms with Crippen molar-refractivity contribution in [2.75, 3.05) is 0 Å². The van der Waals surface area contributed by atoms with Gasteiger partial charge in [-0.3, -0.25) is 4.79 Å². The second-order valence-electron chi connectivity index (χ2n) is 5.26. The molecule has 7 nitrogen and oxygen atoms in total. The van der Waals surface area contributed by atoms with Gasteiger partial charge >= 0.3 is 6.03 Å². The highest BCUT2D eigenvalue weighted by molar-refractivity contribution is 6.13. The minimum atomic E-state index is -0.584. The van der Waals surface area contributed by atoms with Crippen LogP contribution in [0.2, 0.25) is 0 Å². The zero-order valence-electron chi connectivity index (χ0n) is 12.2. The Labute approximate surface area is 127 Å². The van der Waals surface area contributed by atoms with E-state index in [-0.39, 0.29) is 11.9 Å². The number of Topliss-reactive ketones (excluding diaryl/α,β-unsaturated/α-hetero) is 1. The molecule has 1 aliphatic rings. The van der Waals surface area contributed by atoms with Gasteiger partial charge in [-0.05, 0) is 31.9 Å². The van der Waals surface area contributed by atoms with Gasteiger partial charge in [0, 0.05) is 18.0 Å². The number of primary amides is 1. The van der Waals surface area contributed by atoms with Crippen molar-refractivity contribution in [2.45, 2.75) is 25.9 Å². The summed E-state index contributed by atoms with van der Waals surface area (Å²) in [6.45, 7) is 1.83. The predicted molar refractivity (Wildman–Crippen MR) is 81.2 cm³/mol. The van der Waals surface area contributed by atoms with Crippen LogP contribution in [0, 0.1) is 6.92 Å². The average molecular weight is 299 g/mol. The predicted octanol–water partition coefficient (Wildman–Crippen LogP) is 1.09. The number of aryl methyl sites for hydroxylation is 1. The number of amides is 2. The largest absolute Gasteiger partial charge is 0.371 e. The van der Waals surface area contributed by atoms with Crippen LogP contribution in [0.3, 0.4) is 0 Å². The van der Waals surface area contributed by atoms with E-state index in [1.165, 1.54) is 0 Å². The molecule has 0 bridgehead atoms. The van der Waals surface area contributed by atoms with Crippen molar-refractivity contribution < 1.29 is 9.59 Å². The Kier molecular flexibility index (Phi) is 3.54. The molecule has 22 heavy (non-hydrogen) atoms. The zero-order chi connectivity index (χ0) is 15.7. The molecule has 4 N–H and O–H groups in total. The molecule has 0 saturated carbocycles. The molecule has 0 radical (unpaired) electrons. The standard InChI is InChI=1S/C15H17N5O2/c1-9-13(11-4-2-3-7-20(11)19-9)14(21)10-5-6-12(17-8-10)18-15(16)22/h2-4,7-8,12,17H,5-6H2,1H3,(H3,16,18,22). The minimum absolute atomic E-state index is 0.0382. The third-order valence-electron chi connectivity index (χ3n) is 3.71. The molecule has 114 valence electrons. The zero-order valence-corrected chi connectivity index (χ0v) is 12.2. The normalized spacial score (nSPS) is 17.7. The number of hydrogen-bond donors (Lipinski definition) is 3. The molecule has 2 aromatic heterocycles. The highest BCUT2D eigenvalue weighted by atomic mass is 16.2. The van der Waals surface area contributed by atoms with Gasteiger partial charge in [-0.1, -0.05) is 6.07 Å². The van der Waals surface area contributed by atoms with E-state index in [1.807, 2.05) is 31.3 Å². The number of hydrogen-bond acceptors (Lipinski definition) is 4. The van der Waals surface area contributed by atoms with Crippen LogP contribution in [-0.4, -0.2) is 27.6 Å². The number of nitrogens with one attached hydrogen (secondary N) is 2. The lowest BCUT2D eigenvalue weighted by atomic mass is 9.96. The summed E-state index contributed by atoms with van der Waals surface area (Å²) in [7, 11) is 0. The van der Waals surface area contributed by atoms with E-state index in [9.17, 15) is 9.59 Å². The second-order valence-corrected chi connectivity index (χ2v) is 5.26. The summed E-state index contributed by atoms with van der Waals surface area (Å²) in [4.78, 5) is 23.6. The van der Waals surface area contributed by atoms with Crippen LogP contribution >= 0.6 is 0 Å². The fourth-order valence-electron chi connectivity index (χ4n) is 2.68. The second kappa shape index (κ2) is 5.51. The van der Waals surface area contributed by atoms with Gasteiger partial charge in [0.1, 0.15) is 6.17 Å². The van der Waals surface area contributed by atoms with Crippen LogP contribution in [0.1, 0.15) is 28.9 Å². The van der Waals surface area contributed by atoms with Crippen molar-refractivity contribution in [3.63, 3.8) is 0 Å². The maximum Gasteiger partial charge on any atom is 0.313 e. The molecule has 3 rings (SSSR count). The summed E-state index contributed by atoms with van der Waals surface area (Å²) in [5.74, 6) is -0.0382. The Bertz CT molecular complexity index is 777. The van der Waals surface area contributed by atoms with Crippen molar-refractivity contribution in [1.29, 1.82) is 0 Å². The maximum atomic E-state index is 12.8. The molecular formula is C15H17N5O2. The Morgan fingerprint density at radius 1 is 1.45 bits per heavy atom. The molecule has 2 amide bonds. The van der Waals surface area contributed by atoms with Crippen LogP contribution in [0.5, 0.6) is 0 Å². The van der Waals surface area contributed by atoms with Gasteiger partial charge in [0.2, 0.25) is 0 Å². The quantitative estimate of drug-likeness (QED) is 0.738. The topological polar surface area (TPSA) is 102 Å².